The van der Waals surface area contributed by atoms with Crippen LogP contribution in [0.3, 0.4) is 0 Å². The van der Waals surface area contributed by atoms with Crippen LogP contribution < -0.4 is 5.32 Å². The lowest BCUT2D eigenvalue weighted by molar-refractivity contribution is 0.0690. The van der Waals surface area contributed by atoms with Gasteiger partial charge in [0.2, 0.25) is 0 Å². The van der Waals surface area contributed by atoms with E-state index in [0.717, 1.165) is 25.3 Å². The van der Waals surface area contributed by atoms with Crippen LogP contribution in [0.5, 0.6) is 0 Å². The molecule has 1 aliphatic carbocycles. The molecule has 1 aromatic rings. The van der Waals surface area contributed by atoms with Crippen LogP contribution in [0.2, 0.25) is 0 Å². The molecule has 4 nitrogen and oxygen atoms in total. The van der Waals surface area contributed by atoms with Crippen molar-refractivity contribution >= 4 is 11.7 Å². The highest BCUT2D eigenvalue weighted by Crippen LogP contribution is 2.30. The molecule has 0 bridgehead atoms. The molecule has 0 radical (unpaired) electrons. The van der Waals surface area contributed by atoms with Crippen LogP contribution in [0.15, 0.2) is 12.1 Å². The molecule has 0 heterocycles. The lowest BCUT2D eigenvalue weighted by atomic mass is 10.0. The van der Waals surface area contributed by atoms with Crippen molar-refractivity contribution in [3.63, 3.8) is 0 Å². The molecular formula is C13H15F2NO3. The first kappa shape index (κ1) is 13.7. The zero-order valence-electron chi connectivity index (χ0n) is 10.2. The van der Waals surface area contributed by atoms with Crippen LogP contribution >= 0.6 is 0 Å². The Morgan fingerprint density at radius 2 is 2.05 bits per heavy atom. The number of nitrogens with one attached hydrogen (secondary N) is 1. The van der Waals surface area contributed by atoms with E-state index in [0.29, 0.717) is 0 Å². The standard InChI is InChI=1S/C13H15F2NO3/c14-11-8(13(18)19)4-5-10(12(11)15)16-9-3-1-2-7(9)6-17/h4-5,7,9,16-17H,1-3,6H2,(H,18,19). The Bertz CT molecular complexity index is 493. The largest absolute Gasteiger partial charge is 0.478 e. The topological polar surface area (TPSA) is 69.6 Å². The van der Waals surface area contributed by atoms with E-state index in [-0.39, 0.29) is 24.3 Å². The van der Waals surface area contributed by atoms with E-state index in [4.69, 9.17) is 10.2 Å². The van der Waals surface area contributed by atoms with Crippen molar-refractivity contribution in [2.24, 2.45) is 5.92 Å². The number of carboxylic acid groups (broad SMARTS) is 1. The molecule has 19 heavy (non-hydrogen) atoms. The average Bonchev–Trinajstić information content (AvgIpc) is 2.82. The van der Waals surface area contributed by atoms with E-state index in [1.807, 2.05) is 0 Å². The Balaban J connectivity index is 2.22. The van der Waals surface area contributed by atoms with Crippen molar-refractivity contribution in [1.82, 2.24) is 0 Å². The van der Waals surface area contributed by atoms with Gasteiger partial charge >= 0.3 is 5.97 Å². The summed E-state index contributed by atoms with van der Waals surface area (Å²) in [6.07, 6.45) is 2.53. The first-order valence-electron chi connectivity index (χ1n) is 6.13. The van der Waals surface area contributed by atoms with Crippen molar-refractivity contribution < 1.29 is 23.8 Å². The van der Waals surface area contributed by atoms with Gasteiger partial charge in [0.05, 0.1) is 11.3 Å². The van der Waals surface area contributed by atoms with Gasteiger partial charge in [-0.3, -0.25) is 0 Å². The van der Waals surface area contributed by atoms with Gasteiger partial charge in [-0.15, -0.1) is 0 Å². The molecule has 0 aliphatic heterocycles. The Morgan fingerprint density at radius 3 is 2.68 bits per heavy atom. The molecule has 0 spiro atoms. The van der Waals surface area contributed by atoms with Crippen LogP contribution in [-0.4, -0.2) is 28.8 Å². The summed E-state index contributed by atoms with van der Waals surface area (Å²) in [5.41, 5.74) is -0.749. The number of carboxylic acids is 1. The third-order valence-electron chi connectivity index (χ3n) is 3.55. The lowest BCUT2D eigenvalue weighted by Gasteiger charge is -2.20. The molecule has 0 saturated heterocycles. The van der Waals surface area contributed by atoms with Crippen molar-refractivity contribution in [3.05, 3.63) is 29.3 Å². The molecule has 1 aliphatic rings. The van der Waals surface area contributed by atoms with Crippen LogP contribution in [0.4, 0.5) is 14.5 Å². The van der Waals surface area contributed by atoms with E-state index < -0.39 is 23.2 Å². The minimum absolute atomic E-state index is 0.00498. The van der Waals surface area contributed by atoms with Gasteiger partial charge in [0.15, 0.2) is 11.6 Å². The number of benzene rings is 1. The summed E-state index contributed by atoms with van der Waals surface area (Å²) >= 11 is 0. The third kappa shape index (κ3) is 2.68. The summed E-state index contributed by atoms with van der Waals surface area (Å²) in [6.45, 7) is -0.00498. The van der Waals surface area contributed by atoms with E-state index in [9.17, 15) is 13.6 Å². The Kier molecular flexibility index (Phi) is 3.99. The molecule has 1 saturated carbocycles. The zero-order valence-corrected chi connectivity index (χ0v) is 10.2. The fourth-order valence-electron chi connectivity index (χ4n) is 2.47. The molecule has 0 amide bonds. The second-order valence-corrected chi connectivity index (χ2v) is 4.72. The quantitative estimate of drug-likeness (QED) is 0.785. The van der Waals surface area contributed by atoms with Gasteiger partial charge in [-0.2, -0.15) is 0 Å². The average molecular weight is 271 g/mol. The van der Waals surface area contributed by atoms with Gasteiger partial charge in [0.1, 0.15) is 0 Å². The molecule has 2 unspecified atom stereocenters. The molecule has 2 rings (SSSR count). The van der Waals surface area contributed by atoms with Crippen molar-refractivity contribution in [3.8, 4) is 0 Å². The zero-order chi connectivity index (χ0) is 14.0. The van der Waals surface area contributed by atoms with Crippen LogP contribution in [0.1, 0.15) is 29.6 Å². The summed E-state index contributed by atoms with van der Waals surface area (Å²) in [6, 6.07) is 2.13. The second kappa shape index (κ2) is 5.52. The molecule has 1 aromatic carbocycles. The maximum Gasteiger partial charge on any atom is 0.338 e. The predicted molar refractivity (Wildman–Crippen MR) is 65.2 cm³/mol. The third-order valence-corrected chi connectivity index (χ3v) is 3.55. The van der Waals surface area contributed by atoms with Gasteiger partial charge in [0, 0.05) is 18.6 Å². The van der Waals surface area contributed by atoms with Crippen LogP contribution in [0, 0.1) is 17.6 Å². The molecule has 6 heteroatoms. The van der Waals surface area contributed by atoms with Crippen molar-refractivity contribution in [1.29, 1.82) is 0 Å². The summed E-state index contributed by atoms with van der Waals surface area (Å²) in [5, 5.41) is 20.7. The number of aliphatic hydroxyl groups excluding tert-OH is 1. The first-order chi connectivity index (χ1) is 9.04. The summed E-state index contributed by atoms with van der Waals surface area (Å²) in [5.74, 6) is -4.04. The summed E-state index contributed by atoms with van der Waals surface area (Å²) in [4.78, 5) is 10.7. The van der Waals surface area contributed by atoms with Gasteiger partial charge in [-0.25, -0.2) is 13.6 Å². The number of hydrogen-bond donors (Lipinski definition) is 3. The monoisotopic (exact) mass is 271 g/mol. The van der Waals surface area contributed by atoms with E-state index >= 15 is 0 Å². The second-order valence-electron chi connectivity index (χ2n) is 4.72. The molecule has 3 N–H and O–H groups in total. The normalized spacial score (nSPS) is 22.5. The van der Waals surface area contributed by atoms with E-state index in [1.165, 1.54) is 6.07 Å². The molecular weight excluding hydrogens is 256 g/mol. The minimum Gasteiger partial charge on any atom is -0.478 e. The smallest absolute Gasteiger partial charge is 0.338 e. The highest BCUT2D eigenvalue weighted by molar-refractivity contribution is 5.88. The van der Waals surface area contributed by atoms with Gasteiger partial charge in [-0.1, -0.05) is 6.42 Å². The van der Waals surface area contributed by atoms with Crippen molar-refractivity contribution in [2.45, 2.75) is 25.3 Å². The fraction of sp³-hybridized carbons (Fsp3) is 0.462. The highest BCUT2D eigenvalue weighted by Gasteiger charge is 2.28. The van der Waals surface area contributed by atoms with Gasteiger partial charge in [-0.05, 0) is 25.0 Å². The van der Waals surface area contributed by atoms with E-state index in [2.05, 4.69) is 5.32 Å². The summed E-state index contributed by atoms with van der Waals surface area (Å²) in [7, 11) is 0. The number of carbonyl (C=O) groups is 1. The SMILES string of the molecule is O=C(O)c1ccc(NC2CCCC2CO)c(F)c1F. The molecule has 104 valence electrons. The Hall–Kier alpha value is -1.69. The highest BCUT2D eigenvalue weighted by atomic mass is 19.2. The maximum atomic E-state index is 13.7. The Labute approximate surface area is 109 Å². The fourth-order valence-corrected chi connectivity index (χ4v) is 2.47. The van der Waals surface area contributed by atoms with E-state index in [1.54, 1.807) is 0 Å². The number of anilines is 1. The number of hydrogen-bond acceptors (Lipinski definition) is 3. The van der Waals surface area contributed by atoms with Gasteiger partial charge in [0.25, 0.3) is 0 Å². The number of aliphatic hydroxyl groups is 1. The van der Waals surface area contributed by atoms with Crippen LogP contribution in [-0.2, 0) is 0 Å². The number of halogens is 2. The predicted octanol–water partition coefficient (Wildman–Crippen LogP) is 2.24. The van der Waals surface area contributed by atoms with Crippen molar-refractivity contribution in [2.75, 3.05) is 11.9 Å². The minimum atomic E-state index is -1.50. The summed E-state index contributed by atoms with van der Waals surface area (Å²) < 4.78 is 27.3. The molecule has 1 fully saturated rings. The maximum absolute atomic E-state index is 13.7. The lowest BCUT2D eigenvalue weighted by Crippen LogP contribution is -2.27. The van der Waals surface area contributed by atoms with Gasteiger partial charge < -0.3 is 15.5 Å². The molecule has 0 aromatic heterocycles. The Morgan fingerprint density at radius 1 is 1.32 bits per heavy atom. The number of aromatic carboxylic acids is 1. The molecule has 2 atom stereocenters. The number of rotatable bonds is 4. The first-order valence-corrected chi connectivity index (χ1v) is 6.13. The van der Waals surface area contributed by atoms with Crippen LogP contribution in [0.25, 0.3) is 0 Å².